The zero-order valence-electron chi connectivity index (χ0n) is 26.6. The molecule has 5 rings (SSSR count). The second-order valence-electron chi connectivity index (χ2n) is 16.4. The molecule has 0 aromatic carbocycles. The summed E-state index contributed by atoms with van der Waals surface area (Å²) >= 11 is 0. The van der Waals surface area contributed by atoms with Crippen LogP contribution in [0, 0.1) is 45.3 Å². The third kappa shape index (κ3) is 4.24. The van der Waals surface area contributed by atoms with E-state index in [2.05, 4.69) is 41.5 Å². The number of hydrogen-bond acceptors (Lipinski definition) is 5. The van der Waals surface area contributed by atoms with E-state index in [-0.39, 0.29) is 40.6 Å². The van der Waals surface area contributed by atoms with E-state index in [4.69, 9.17) is 14.2 Å². The minimum atomic E-state index is -0.597. The molecule has 4 saturated carbocycles. The highest BCUT2D eigenvalue weighted by Gasteiger charge is 2.70. The van der Waals surface area contributed by atoms with Crippen LogP contribution in [0.4, 0.5) is 0 Å². The van der Waals surface area contributed by atoms with E-state index in [0.29, 0.717) is 34.5 Å². The Balaban J connectivity index is 1.38. The van der Waals surface area contributed by atoms with Gasteiger partial charge in [0.05, 0.1) is 11.7 Å². The number of rotatable bonds is 4. The fraction of sp³-hybridized carbons (Fsp3) is 0.941. The summed E-state index contributed by atoms with van der Waals surface area (Å²) < 4.78 is 18.5. The molecule has 5 nitrogen and oxygen atoms in total. The standard InChI is InChI=1S/C34H56O5/c1-21(35)37-27-15-17-31(7)25(29(27,3)4)14-19-33(9)26(31)12-11-23-24(13-18-32(23,33)8)34(10)20-16-28(39-34)30(5,6)38-22(2)36/h23-28H,11-20H2,1-10H3/t23-,24+,25+,26+,27+,28-,31+,32-,33-,34-/m1/s1. The number of carbonyl (C=O) groups excluding carboxylic acids is 2. The minimum Gasteiger partial charge on any atom is -0.462 e. The predicted octanol–water partition coefficient (Wildman–Crippen LogP) is 7.88. The SMILES string of the molecule is CC(=O)O[C@H]1CC[C@@]2(C)[C@@H](CC[C@]3(C)[C@H]2CC[C@@H]2[C@@H]([C@@]4(C)CC[C@H](C(C)(C)OC(C)=O)O4)CC[C@]23C)C1(C)C. The number of carbonyl (C=O) groups is 2. The zero-order chi connectivity index (χ0) is 28.8. The maximum Gasteiger partial charge on any atom is 0.303 e. The van der Waals surface area contributed by atoms with Crippen molar-refractivity contribution in [3.05, 3.63) is 0 Å². The molecule has 0 aromatic rings. The smallest absolute Gasteiger partial charge is 0.303 e. The van der Waals surface area contributed by atoms with Crippen LogP contribution in [0.2, 0.25) is 0 Å². The molecule has 0 N–H and O–H groups in total. The molecule has 0 unspecified atom stereocenters. The van der Waals surface area contributed by atoms with Crippen LogP contribution in [0.15, 0.2) is 0 Å². The van der Waals surface area contributed by atoms with Gasteiger partial charge >= 0.3 is 11.9 Å². The van der Waals surface area contributed by atoms with Gasteiger partial charge in [-0.05, 0) is 125 Å². The predicted molar refractivity (Wildman–Crippen MR) is 153 cm³/mol. The van der Waals surface area contributed by atoms with Crippen LogP contribution < -0.4 is 0 Å². The summed E-state index contributed by atoms with van der Waals surface area (Å²) in [4.78, 5) is 23.7. The van der Waals surface area contributed by atoms with Gasteiger partial charge in [0.25, 0.3) is 0 Å². The molecule has 0 radical (unpaired) electrons. The molecule has 5 heteroatoms. The fourth-order valence-corrected chi connectivity index (χ4v) is 11.9. The van der Waals surface area contributed by atoms with Crippen LogP contribution in [0.3, 0.4) is 0 Å². The molecule has 5 aliphatic rings. The molecule has 0 amide bonds. The minimum absolute atomic E-state index is 0.00485. The Morgan fingerprint density at radius 1 is 0.718 bits per heavy atom. The van der Waals surface area contributed by atoms with Crippen molar-refractivity contribution in [1.29, 1.82) is 0 Å². The van der Waals surface area contributed by atoms with Crippen molar-refractivity contribution < 1.29 is 23.8 Å². The van der Waals surface area contributed by atoms with Crippen molar-refractivity contribution in [2.24, 2.45) is 45.3 Å². The van der Waals surface area contributed by atoms with Gasteiger partial charge in [-0.3, -0.25) is 9.59 Å². The molecule has 0 spiro atoms. The molecule has 0 aromatic heterocycles. The van der Waals surface area contributed by atoms with Crippen LogP contribution in [0.25, 0.3) is 0 Å². The Labute approximate surface area is 237 Å². The molecule has 4 aliphatic carbocycles. The monoisotopic (exact) mass is 544 g/mol. The molecule has 5 fully saturated rings. The van der Waals surface area contributed by atoms with Crippen LogP contribution in [-0.2, 0) is 23.8 Å². The summed E-state index contributed by atoms with van der Waals surface area (Å²) in [5.41, 5.74) is 0.155. The highest BCUT2D eigenvalue weighted by atomic mass is 16.6. The van der Waals surface area contributed by atoms with Gasteiger partial charge in [0, 0.05) is 19.3 Å². The van der Waals surface area contributed by atoms with Crippen molar-refractivity contribution in [2.45, 2.75) is 157 Å². The first kappa shape index (κ1) is 29.4. The van der Waals surface area contributed by atoms with Gasteiger partial charge in [-0.2, -0.15) is 0 Å². The Morgan fingerprint density at radius 3 is 2.03 bits per heavy atom. The molecule has 10 atom stereocenters. The summed E-state index contributed by atoms with van der Waals surface area (Å²) in [6, 6.07) is 0. The van der Waals surface area contributed by atoms with E-state index in [9.17, 15) is 9.59 Å². The van der Waals surface area contributed by atoms with Gasteiger partial charge < -0.3 is 14.2 Å². The molecule has 1 heterocycles. The first-order chi connectivity index (χ1) is 17.9. The number of hydrogen-bond donors (Lipinski definition) is 0. The van der Waals surface area contributed by atoms with Crippen LogP contribution in [0.1, 0.15) is 133 Å². The quantitative estimate of drug-likeness (QED) is 0.337. The van der Waals surface area contributed by atoms with Crippen LogP contribution in [-0.4, -0.2) is 35.3 Å². The summed E-state index contributed by atoms with van der Waals surface area (Å²) in [6.45, 7) is 22.1. The fourth-order valence-electron chi connectivity index (χ4n) is 11.9. The van der Waals surface area contributed by atoms with Gasteiger partial charge in [-0.1, -0.05) is 34.6 Å². The number of fused-ring (bicyclic) bond motifs is 5. The van der Waals surface area contributed by atoms with Gasteiger partial charge in [0.2, 0.25) is 0 Å². The number of ether oxygens (including phenoxy) is 3. The normalized spacial score (nSPS) is 49.0. The lowest BCUT2D eigenvalue weighted by molar-refractivity contribution is -0.231. The van der Waals surface area contributed by atoms with E-state index in [1.54, 1.807) is 6.92 Å². The molecule has 1 aliphatic heterocycles. The molecule has 39 heavy (non-hydrogen) atoms. The van der Waals surface area contributed by atoms with Crippen molar-refractivity contribution >= 4 is 11.9 Å². The first-order valence-corrected chi connectivity index (χ1v) is 16.0. The highest BCUT2D eigenvalue weighted by Crippen LogP contribution is 2.76. The first-order valence-electron chi connectivity index (χ1n) is 16.0. The molecule has 0 bridgehead atoms. The second-order valence-corrected chi connectivity index (χ2v) is 16.4. The van der Waals surface area contributed by atoms with Gasteiger partial charge in [0.1, 0.15) is 11.7 Å². The lowest BCUT2D eigenvalue weighted by Crippen LogP contribution is -2.64. The summed E-state index contributed by atoms with van der Waals surface area (Å²) in [5.74, 6) is 2.15. The van der Waals surface area contributed by atoms with E-state index < -0.39 is 5.60 Å². The largest absolute Gasteiger partial charge is 0.462 e. The van der Waals surface area contributed by atoms with Crippen LogP contribution in [0.5, 0.6) is 0 Å². The Kier molecular flexibility index (Phi) is 6.93. The Morgan fingerprint density at radius 2 is 1.38 bits per heavy atom. The zero-order valence-corrected chi connectivity index (χ0v) is 26.6. The average Bonchev–Trinajstić information content (AvgIpc) is 3.37. The van der Waals surface area contributed by atoms with Gasteiger partial charge in [-0.15, -0.1) is 0 Å². The van der Waals surface area contributed by atoms with Crippen LogP contribution >= 0.6 is 0 Å². The topological polar surface area (TPSA) is 61.8 Å². The Hall–Kier alpha value is -1.10. The highest BCUT2D eigenvalue weighted by molar-refractivity contribution is 5.66. The average molecular weight is 545 g/mol. The summed E-state index contributed by atoms with van der Waals surface area (Å²) in [7, 11) is 0. The summed E-state index contributed by atoms with van der Waals surface area (Å²) in [5, 5.41) is 0. The number of esters is 2. The summed E-state index contributed by atoms with van der Waals surface area (Å²) in [6.07, 6.45) is 11.7. The maximum absolute atomic E-state index is 11.9. The van der Waals surface area contributed by atoms with Crippen molar-refractivity contribution in [2.75, 3.05) is 0 Å². The molecular formula is C34H56O5. The third-order valence-electron chi connectivity index (χ3n) is 13.9. The van der Waals surface area contributed by atoms with E-state index in [1.165, 1.54) is 45.4 Å². The maximum atomic E-state index is 11.9. The Bertz CT molecular complexity index is 1000. The molecule has 1 saturated heterocycles. The van der Waals surface area contributed by atoms with E-state index in [1.807, 2.05) is 13.8 Å². The lowest BCUT2D eigenvalue weighted by Gasteiger charge is -2.70. The van der Waals surface area contributed by atoms with E-state index in [0.717, 1.165) is 25.7 Å². The van der Waals surface area contributed by atoms with Crippen molar-refractivity contribution in [3.63, 3.8) is 0 Å². The third-order valence-corrected chi connectivity index (χ3v) is 13.9. The van der Waals surface area contributed by atoms with Crippen molar-refractivity contribution in [3.8, 4) is 0 Å². The van der Waals surface area contributed by atoms with E-state index >= 15 is 0 Å². The second kappa shape index (κ2) is 9.20. The van der Waals surface area contributed by atoms with Gasteiger partial charge in [0.15, 0.2) is 0 Å². The van der Waals surface area contributed by atoms with Gasteiger partial charge in [-0.25, -0.2) is 0 Å². The molecular weight excluding hydrogens is 488 g/mol. The van der Waals surface area contributed by atoms with Crippen molar-refractivity contribution in [1.82, 2.24) is 0 Å². The lowest BCUT2D eigenvalue weighted by atomic mass is 9.35. The molecule has 222 valence electrons.